The van der Waals surface area contributed by atoms with Crippen LogP contribution in [0, 0.1) is 0 Å². The maximum Gasteiger partial charge on any atom is 0.153 e. The number of fused-ring (bicyclic) bond motifs is 1. The molecule has 0 saturated carbocycles. The van der Waals surface area contributed by atoms with Crippen LogP contribution in [0.4, 0.5) is 17.3 Å². The summed E-state index contributed by atoms with van der Waals surface area (Å²) in [7, 11) is -2.37. The fourth-order valence-corrected chi connectivity index (χ4v) is 4.21. The second-order valence-electron chi connectivity index (χ2n) is 7.38. The molecule has 0 fully saturated rings. The Morgan fingerprint density at radius 3 is 2.76 bits per heavy atom. The Hall–Kier alpha value is -2.50. The monoisotopic (exact) mass is 428 g/mol. The van der Waals surface area contributed by atoms with Crippen LogP contribution < -0.4 is 15.7 Å². The molecule has 29 heavy (non-hydrogen) atoms. The van der Waals surface area contributed by atoms with E-state index in [0.717, 1.165) is 42.1 Å². The number of pyridine rings is 2. The molecule has 1 aliphatic rings. The van der Waals surface area contributed by atoms with E-state index in [0.29, 0.717) is 23.0 Å². The van der Waals surface area contributed by atoms with Crippen LogP contribution in [0.3, 0.4) is 0 Å². The number of hydrogen-bond donors (Lipinski definition) is 1. The minimum Gasteiger partial charge on any atom is -0.351 e. The molecule has 7 nitrogen and oxygen atoms in total. The van der Waals surface area contributed by atoms with Crippen molar-refractivity contribution in [1.29, 1.82) is 0 Å². The van der Waals surface area contributed by atoms with Gasteiger partial charge in [0, 0.05) is 24.8 Å². The molecule has 0 bridgehead atoms. The molecule has 0 unspecified atom stereocenters. The second-order valence-corrected chi connectivity index (χ2v) is 10.9. The van der Waals surface area contributed by atoms with Crippen LogP contribution in [0.15, 0.2) is 42.9 Å². The number of rotatable bonds is 5. The van der Waals surface area contributed by atoms with Gasteiger partial charge in [0.05, 0.1) is 29.2 Å². The lowest BCUT2D eigenvalue weighted by Gasteiger charge is -2.29. The van der Waals surface area contributed by atoms with Crippen molar-refractivity contribution in [3.63, 3.8) is 0 Å². The van der Waals surface area contributed by atoms with Crippen molar-refractivity contribution in [2.75, 3.05) is 30.1 Å². The summed E-state index contributed by atoms with van der Waals surface area (Å²) in [4.78, 5) is 20.1. The molecule has 0 aromatic carbocycles. The molecule has 0 spiro atoms. The van der Waals surface area contributed by atoms with Gasteiger partial charge in [-0.1, -0.05) is 17.7 Å². The molecule has 1 aliphatic heterocycles. The minimum atomic E-state index is -2.37. The third kappa shape index (κ3) is 4.57. The summed E-state index contributed by atoms with van der Waals surface area (Å²) in [5.41, 5.74) is 3.33. The van der Waals surface area contributed by atoms with E-state index >= 15 is 0 Å². The van der Waals surface area contributed by atoms with Crippen LogP contribution in [0.1, 0.15) is 17.7 Å². The summed E-state index contributed by atoms with van der Waals surface area (Å²) in [6.07, 6.45) is 7.01. The van der Waals surface area contributed by atoms with E-state index < -0.39 is 7.14 Å². The number of aromatic nitrogens is 4. The van der Waals surface area contributed by atoms with Crippen LogP contribution in [-0.4, -0.2) is 39.8 Å². The van der Waals surface area contributed by atoms with E-state index in [-0.39, 0.29) is 0 Å². The molecule has 1 N–H and O–H groups in total. The number of nitrogens with one attached hydrogen (secondary N) is 1. The summed E-state index contributed by atoms with van der Waals surface area (Å²) in [6.45, 7) is 4.94. The molecule has 3 aromatic heterocycles. The highest BCUT2D eigenvalue weighted by molar-refractivity contribution is 7.69. The number of nitrogens with zero attached hydrogens (tertiary/aromatic N) is 5. The predicted molar refractivity (Wildman–Crippen MR) is 117 cm³/mol. The molecule has 9 heteroatoms. The molecule has 0 saturated heterocycles. The van der Waals surface area contributed by atoms with Crippen molar-refractivity contribution in [2.24, 2.45) is 0 Å². The van der Waals surface area contributed by atoms with Gasteiger partial charge in [-0.05, 0) is 44.4 Å². The fraction of sp³-hybridized carbons (Fsp3) is 0.300. The summed E-state index contributed by atoms with van der Waals surface area (Å²) < 4.78 is 12.1. The van der Waals surface area contributed by atoms with Gasteiger partial charge in [-0.25, -0.2) is 9.97 Å². The molecule has 4 heterocycles. The van der Waals surface area contributed by atoms with Crippen molar-refractivity contribution < 1.29 is 4.57 Å². The Morgan fingerprint density at radius 2 is 2.03 bits per heavy atom. The summed E-state index contributed by atoms with van der Waals surface area (Å²) >= 11 is 6.24. The van der Waals surface area contributed by atoms with Gasteiger partial charge in [-0.2, -0.15) is 0 Å². The molecule has 0 aliphatic carbocycles. The van der Waals surface area contributed by atoms with Gasteiger partial charge in [0.15, 0.2) is 11.6 Å². The van der Waals surface area contributed by atoms with Crippen molar-refractivity contribution >= 4 is 41.5 Å². The number of anilines is 3. The van der Waals surface area contributed by atoms with E-state index in [4.69, 9.17) is 16.6 Å². The zero-order chi connectivity index (χ0) is 20.4. The van der Waals surface area contributed by atoms with Crippen molar-refractivity contribution in [3.05, 3.63) is 59.3 Å². The fourth-order valence-electron chi connectivity index (χ4n) is 3.26. The smallest absolute Gasteiger partial charge is 0.153 e. The Balaban J connectivity index is 1.57. The lowest BCUT2D eigenvalue weighted by Crippen LogP contribution is -2.30. The first-order valence-corrected chi connectivity index (χ1v) is 12.4. The zero-order valence-electron chi connectivity index (χ0n) is 16.3. The Labute approximate surface area is 175 Å². The topological polar surface area (TPSA) is 83.9 Å². The predicted octanol–water partition coefficient (Wildman–Crippen LogP) is 3.86. The highest BCUT2D eigenvalue weighted by Crippen LogP contribution is 2.33. The molecule has 0 atom stereocenters. The van der Waals surface area contributed by atoms with E-state index in [1.54, 1.807) is 38.0 Å². The Morgan fingerprint density at radius 1 is 1.17 bits per heavy atom. The normalized spacial score (nSPS) is 13.8. The molecular formula is C20H22ClN6OP. The maximum atomic E-state index is 12.1. The average Bonchev–Trinajstić information content (AvgIpc) is 2.70. The third-order valence-corrected chi connectivity index (χ3v) is 6.45. The van der Waals surface area contributed by atoms with E-state index in [1.807, 2.05) is 18.2 Å². The summed E-state index contributed by atoms with van der Waals surface area (Å²) in [6, 6.07) is 7.51. The Kier molecular flexibility index (Phi) is 5.52. The second kappa shape index (κ2) is 8.09. The van der Waals surface area contributed by atoms with Crippen LogP contribution in [0.2, 0.25) is 5.15 Å². The maximum absolute atomic E-state index is 12.1. The average molecular weight is 429 g/mol. The standard InChI is InChI=1S/C20H22ClN6OP/c1-29(2,28)18-8-7-15(11-24-18)25-17-12-23-16-6-4-10-27(20(16)26-17)13-14-5-3-9-22-19(14)21/h3,5,7-9,11-12H,4,6,10,13H2,1-2H3,(H,25,26). The van der Waals surface area contributed by atoms with E-state index in [2.05, 4.69) is 25.2 Å². The number of hydrogen-bond acceptors (Lipinski definition) is 7. The van der Waals surface area contributed by atoms with Gasteiger partial charge in [-0.15, -0.1) is 0 Å². The quantitative estimate of drug-likeness (QED) is 0.488. The molecule has 4 rings (SSSR count). The van der Waals surface area contributed by atoms with E-state index in [1.165, 1.54) is 0 Å². The van der Waals surface area contributed by atoms with Gasteiger partial charge in [0.1, 0.15) is 12.3 Å². The number of aryl methyl sites for hydroxylation is 1. The number of halogens is 1. The van der Waals surface area contributed by atoms with Gasteiger partial charge >= 0.3 is 0 Å². The lowest BCUT2D eigenvalue weighted by atomic mass is 10.1. The first-order chi connectivity index (χ1) is 13.9. The van der Waals surface area contributed by atoms with Gasteiger partial charge in [0.25, 0.3) is 0 Å². The van der Waals surface area contributed by atoms with E-state index in [9.17, 15) is 4.57 Å². The molecule has 0 radical (unpaired) electrons. The Bertz CT molecular complexity index is 1070. The molecule has 0 amide bonds. The first kappa shape index (κ1) is 19.8. The van der Waals surface area contributed by atoms with Crippen molar-refractivity contribution in [2.45, 2.75) is 19.4 Å². The molecular weight excluding hydrogens is 407 g/mol. The van der Waals surface area contributed by atoms with Crippen LogP contribution in [0.25, 0.3) is 0 Å². The van der Waals surface area contributed by atoms with Crippen molar-refractivity contribution in [1.82, 2.24) is 19.9 Å². The van der Waals surface area contributed by atoms with Gasteiger partial charge in [-0.3, -0.25) is 9.97 Å². The SMILES string of the molecule is CP(C)(=O)c1ccc(Nc2cnc3c(n2)N(Cc2cccnc2Cl)CCC3)cn1. The third-order valence-electron chi connectivity index (χ3n) is 4.74. The molecule has 150 valence electrons. The van der Waals surface area contributed by atoms with Crippen LogP contribution >= 0.6 is 18.7 Å². The van der Waals surface area contributed by atoms with Crippen LogP contribution in [0.5, 0.6) is 0 Å². The van der Waals surface area contributed by atoms with Gasteiger partial charge in [0.2, 0.25) is 0 Å². The highest BCUT2D eigenvalue weighted by atomic mass is 35.5. The molecule has 3 aromatic rings. The lowest BCUT2D eigenvalue weighted by molar-refractivity contribution is 0.588. The highest BCUT2D eigenvalue weighted by Gasteiger charge is 2.21. The summed E-state index contributed by atoms with van der Waals surface area (Å²) in [5, 5.41) is 3.75. The van der Waals surface area contributed by atoms with Crippen LogP contribution in [-0.2, 0) is 17.5 Å². The largest absolute Gasteiger partial charge is 0.351 e. The van der Waals surface area contributed by atoms with Gasteiger partial charge < -0.3 is 14.8 Å². The van der Waals surface area contributed by atoms with Crippen molar-refractivity contribution in [3.8, 4) is 0 Å². The minimum absolute atomic E-state index is 0.511. The zero-order valence-corrected chi connectivity index (χ0v) is 18.0. The first-order valence-electron chi connectivity index (χ1n) is 9.39. The summed E-state index contributed by atoms with van der Waals surface area (Å²) in [5.74, 6) is 1.50.